The molecule has 5 nitrogen and oxygen atoms in total. The molecule has 33 heavy (non-hydrogen) atoms. The molecule has 0 saturated heterocycles. The molecule has 1 N–H and O–H groups in total. The molecule has 1 atom stereocenters. The van der Waals surface area contributed by atoms with Crippen LogP contribution in [0.3, 0.4) is 0 Å². The Labute approximate surface area is 187 Å². The van der Waals surface area contributed by atoms with Crippen molar-refractivity contribution in [2.75, 3.05) is 0 Å². The molecule has 4 aromatic rings. The standard InChI is InChI=1S/C25H18F3N3O2/c1-15-7-9-16(10-8-15)21-20-22(24(32)29-21)30-31(23(20)17-5-3-2-4-6-17)18-11-13-19(14-12-18)33-25(26,27)28/h2-14,21H,1H3,(H,29,32). The first kappa shape index (κ1) is 20.8. The van der Waals surface area contributed by atoms with Gasteiger partial charge >= 0.3 is 6.36 Å². The number of amides is 1. The van der Waals surface area contributed by atoms with Crippen molar-refractivity contribution < 1.29 is 22.7 Å². The fraction of sp³-hybridized carbons (Fsp3) is 0.120. The number of ether oxygens (including phenoxy) is 1. The van der Waals surface area contributed by atoms with Crippen LogP contribution in [0, 0.1) is 6.92 Å². The minimum Gasteiger partial charge on any atom is -0.406 e. The third-order valence-corrected chi connectivity index (χ3v) is 5.47. The first-order chi connectivity index (χ1) is 15.8. The molecular weight excluding hydrogens is 431 g/mol. The summed E-state index contributed by atoms with van der Waals surface area (Å²) in [6.45, 7) is 1.99. The van der Waals surface area contributed by atoms with Gasteiger partial charge < -0.3 is 10.1 Å². The number of halogens is 3. The minimum atomic E-state index is -4.77. The number of carbonyl (C=O) groups is 1. The Morgan fingerprint density at radius 1 is 0.939 bits per heavy atom. The second kappa shape index (κ2) is 7.81. The number of hydrogen-bond acceptors (Lipinski definition) is 3. The van der Waals surface area contributed by atoms with Crippen LogP contribution in [0.15, 0.2) is 78.9 Å². The maximum Gasteiger partial charge on any atom is 0.573 e. The molecule has 0 fully saturated rings. The van der Waals surface area contributed by atoms with Gasteiger partial charge in [0, 0.05) is 11.1 Å². The minimum absolute atomic E-state index is 0.287. The predicted octanol–water partition coefficient (Wildman–Crippen LogP) is 5.58. The van der Waals surface area contributed by atoms with Gasteiger partial charge in [-0.2, -0.15) is 5.10 Å². The van der Waals surface area contributed by atoms with Crippen LogP contribution >= 0.6 is 0 Å². The zero-order valence-corrected chi connectivity index (χ0v) is 17.4. The molecule has 0 spiro atoms. The lowest BCUT2D eigenvalue weighted by Crippen LogP contribution is -2.22. The lowest BCUT2D eigenvalue weighted by atomic mass is 9.96. The SMILES string of the molecule is Cc1ccc(C2NC(=O)c3nn(-c4ccc(OC(F)(F)F)cc4)c(-c4ccccc4)c32)cc1. The maximum absolute atomic E-state index is 12.8. The molecule has 0 bridgehead atoms. The Kier molecular flexibility index (Phi) is 4.92. The number of alkyl halides is 3. The Balaban J connectivity index is 1.66. The van der Waals surface area contributed by atoms with Crippen LogP contribution in [0.25, 0.3) is 16.9 Å². The lowest BCUT2D eigenvalue weighted by molar-refractivity contribution is -0.274. The summed E-state index contributed by atoms with van der Waals surface area (Å²) >= 11 is 0. The van der Waals surface area contributed by atoms with Crippen LogP contribution in [0.2, 0.25) is 0 Å². The van der Waals surface area contributed by atoms with Crippen molar-refractivity contribution >= 4 is 5.91 Å². The van der Waals surface area contributed by atoms with Crippen LogP contribution < -0.4 is 10.1 Å². The van der Waals surface area contributed by atoms with E-state index in [4.69, 9.17) is 0 Å². The van der Waals surface area contributed by atoms with Crippen LogP contribution in [0.1, 0.15) is 33.2 Å². The van der Waals surface area contributed by atoms with Gasteiger partial charge in [0.15, 0.2) is 5.69 Å². The monoisotopic (exact) mass is 449 g/mol. The van der Waals surface area contributed by atoms with Gasteiger partial charge in [-0.1, -0.05) is 60.2 Å². The first-order valence-electron chi connectivity index (χ1n) is 10.2. The van der Waals surface area contributed by atoms with E-state index in [9.17, 15) is 18.0 Å². The van der Waals surface area contributed by atoms with Crippen LogP contribution in [-0.4, -0.2) is 22.1 Å². The van der Waals surface area contributed by atoms with Crippen molar-refractivity contribution in [3.8, 4) is 22.7 Å². The molecule has 0 radical (unpaired) electrons. The molecular formula is C25H18F3N3O2. The number of nitrogens with zero attached hydrogens (tertiary/aromatic N) is 2. The van der Waals surface area contributed by atoms with E-state index >= 15 is 0 Å². The molecule has 1 aliphatic rings. The number of aryl methyl sites for hydroxylation is 1. The molecule has 1 amide bonds. The summed E-state index contributed by atoms with van der Waals surface area (Å²) in [4.78, 5) is 12.8. The van der Waals surface area contributed by atoms with E-state index in [0.29, 0.717) is 11.4 Å². The number of aromatic nitrogens is 2. The highest BCUT2D eigenvalue weighted by atomic mass is 19.4. The molecule has 0 aliphatic carbocycles. The molecule has 8 heteroatoms. The zero-order chi connectivity index (χ0) is 23.2. The zero-order valence-electron chi connectivity index (χ0n) is 17.4. The Morgan fingerprint density at radius 3 is 2.24 bits per heavy atom. The summed E-state index contributed by atoms with van der Waals surface area (Å²) in [5.74, 6) is -0.633. The van der Waals surface area contributed by atoms with Crippen molar-refractivity contribution in [3.63, 3.8) is 0 Å². The van der Waals surface area contributed by atoms with Crippen LogP contribution in [0.5, 0.6) is 5.75 Å². The fourth-order valence-corrected chi connectivity index (χ4v) is 4.00. The smallest absolute Gasteiger partial charge is 0.406 e. The highest BCUT2D eigenvalue weighted by Crippen LogP contribution is 2.40. The highest BCUT2D eigenvalue weighted by Gasteiger charge is 2.38. The second-order valence-electron chi connectivity index (χ2n) is 7.75. The summed E-state index contributed by atoms with van der Waals surface area (Å²) in [6.07, 6.45) is -4.77. The van der Waals surface area contributed by atoms with Gasteiger partial charge in [0.1, 0.15) is 5.75 Å². The molecule has 1 aromatic heterocycles. The molecule has 0 saturated carbocycles. The van der Waals surface area contributed by atoms with E-state index in [2.05, 4.69) is 15.2 Å². The van der Waals surface area contributed by atoms with E-state index in [1.807, 2.05) is 61.5 Å². The fourth-order valence-electron chi connectivity index (χ4n) is 4.00. The third kappa shape index (κ3) is 3.95. The normalized spacial score (nSPS) is 15.3. The summed E-state index contributed by atoms with van der Waals surface area (Å²) in [6, 6.07) is 22.3. The van der Waals surface area contributed by atoms with E-state index < -0.39 is 12.4 Å². The Bertz CT molecular complexity index is 1310. The Hall–Kier alpha value is -4.07. The highest BCUT2D eigenvalue weighted by molar-refractivity contribution is 6.00. The van der Waals surface area contributed by atoms with Crippen LogP contribution in [0.4, 0.5) is 13.2 Å². The number of benzene rings is 3. The van der Waals surface area contributed by atoms with Crippen molar-refractivity contribution in [1.82, 2.24) is 15.1 Å². The van der Waals surface area contributed by atoms with Crippen molar-refractivity contribution in [2.45, 2.75) is 19.3 Å². The van der Waals surface area contributed by atoms with Crippen molar-refractivity contribution in [3.05, 3.63) is 101 Å². The van der Waals surface area contributed by atoms with Crippen LogP contribution in [-0.2, 0) is 0 Å². The van der Waals surface area contributed by atoms with Crippen molar-refractivity contribution in [1.29, 1.82) is 0 Å². The topological polar surface area (TPSA) is 56.2 Å². The quantitative estimate of drug-likeness (QED) is 0.443. The lowest BCUT2D eigenvalue weighted by Gasteiger charge is -2.17. The maximum atomic E-state index is 12.8. The summed E-state index contributed by atoms with van der Waals surface area (Å²) in [7, 11) is 0. The van der Waals surface area contributed by atoms with Gasteiger partial charge in [-0.05, 0) is 36.8 Å². The number of fused-ring (bicyclic) bond motifs is 1. The molecule has 2 heterocycles. The van der Waals surface area contributed by atoms with Gasteiger partial charge in [0.05, 0.1) is 17.4 Å². The van der Waals surface area contributed by atoms with Gasteiger partial charge in [-0.25, -0.2) is 4.68 Å². The van der Waals surface area contributed by atoms with E-state index in [1.54, 1.807) is 4.68 Å². The van der Waals surface area contributed by atoms with Crippen molar-refractivity contribution in [2.24, 2.45) is 0 Å². The van der Waals surface area contributed by atoms with Gasteiger partial charge in [-0.3, -0.25) is 4.79 Å². The predicted molar refractivity (Wildman–Crippen MR) is 116 cm³/mol. The Morgan fingerprint density at radius 2 is 1.61 bits per heavy atom. The van der Waals surface area contributed by atoms with Gasteiger partial charge in [0.25, 0.3) is 5.91 Å². The second-order valence-corrected chi connectivity index (χ2v) is 7.75. The average molecular weight is 449 g/mol. The van der Waals surface area contributed by atoms with E-state index in [1.165, 1.54) is 24.3 Å². The van der Waals surface area contributed by atoms with Gasteiger partial charge in [0.2, 0.25) is 0 Å². The molecule has 3 aromatic carbocycles. The summed E-state index contributed by atoms with van der Waals surface area (Å²) in [5, 5.41) is 7.56. The third-order valence-electron chi connectivity index (χ3n) is 5.47. The summed E-state index contributed by atoms with van der Waals surface area (Å²) in [5.41, 5.74) is 5.06. The molecule has 1 aliphatic heterocycles. The first-order valence-corrected chi connectivity index (χ1v) is 10.2. The summed E-state index contributed by atoms with van der Waals surface area (Å²) < 4.78 is 43.2. The van der Waals surface area contributed by atoms with Gasteiger partial charge in [-0.15, -0.1) is 13.2 Å². The number of nitrogens with one attached hydrogen (secondary N) is 1. The number of rotatable bonds is 4. The number of carbonyl (C=O) groups excluding carboxylic acids is 1. The van der Waals surface area contributed by atoms with E-state index in [0.717, 1.165) is 22.3 Å². The largest absolute Gasteiger partial charge is 0.573 e. The van der Waals surface area contributed by atoms with E-state index in [-0.39, 0.29) is 17.4 Å². The average Bonchev–Trinajstić information content (AvgIpc) is 3.32. The number of hydrogen-bond donors (Lipinski definition) is 1. The molecule has 166 valence electrons. The molecule has 5 rings (SSSR count). The molecule has 1 unspecified atom stereocenters.